The summed E-state index contributed by atoms with van der Waals surface area (Å²) in [4.78, 5) is 32.2. The smallest absolute Gasteiger partial charge is 0.404 e. The highest BCUT2D eigenvalue weighted by molar-refractivity contribution is 5.92. The monoisotopic (exact) mass is 398 g/mol. The fraction of sp³-hybridized carbons (Fsp3) is 0.550. The molecular formula is C20H26N6O3. The van der Waals surface area contributed by atoms with Crippen LogP contribution in [0.25, 0.3) is 11.3 Å². The highest BCUT2D eigenvalue weighted by atomic mass is 16.4. The van der Waals surface area contributed by atoms with Crippen molar-refractivity contribution in [2.75, 3.05) is 5.32 Å². The van der Waals surface area contributed by atoms with E-state index in [1.54, 1.807) is 6.07 Å². The number of hydrogen-bond acceptors (Lipinski definition) is 5. The van der Waals surface area contributed by atoms with E-state index in [1.165, 1.54) is 6.33 Å². The Morgan fingerprint density at radius 2 is 2.10 bits per heavy atom. The number of carbonyl (C=O) groups excluding carboxylic acids is 1. The topological polar surface area (TPSA) is 122 Å². The molecule has 2 atom stereocenters. The van der Waals surface area contributed by atoms with Gasteiger partial charge in [-0.25, -0.2) is 14.8 Å². The number of carboxylic acid groups (broad SMARTS) is 1. The van der Waals surface area contributed by atoms with Crippen molar-refractivity contribution in [1.82, 2.24) is 25.1 Å². The number of carbonyl (C=O) groups is 2. The minimum Gasteiger partial charge on any atom is -0.465 e. The van der Waals surface area contributed by atoms with Crippen molar-refractivity contribution < 1.29 is 14.7 Å². The Morgan fingerprint density at radius 1 is 1.28 bits per heavy atom. The van der Waals surface area contributed by atoms with E-state index in [9.17, 15) is 9.59 Å². The molecule has 0 spiro atoms. The molecule has 2 aromatic rings. The predicted octanol–water partition coefficient (Wildman–Crippen LogP) is 2.69. The molecule has 2 amide bonds. The van der Waals surface area contributed by atoms with E-state index in [1.807, 2.05) is 10.9 Å². The normalized spacial score (nSPS) is 22.7. The van der Waals surface area contributed by atoms with Crippen molar-refractivity contribution in [3.63, 3.8) is 0 Å². The lowest BCUT2D eigenvalue weighted by Gasteiger charge is -2.28. The predicted molar refractivity (Wildman–Crippen MR) is 106 cm³/mol. The molecule has 0 bridgehead atoms. The minimum atomic E-state index is -1.05. The molecule has 0 saturated heterocycles. The number of rotatable bonds is 4. The van der Waals surface area contributed by atoms with Crippen molar-refractivity contribution in [2.24, 2.45) is 11.3 Å². The second kappa shape index (κ2) is 7.46. The van der Waals surface area contributed by atoms with Gasteiger partial charge in [0.15, 0.2) is 0 Å². The van der Waals surface area contributed by atoms with E-state index < -0.39 is 6.09 Å². The molecule has 2 aromatic heterocycles. The average Bonchev–Trinajstić information content (AvgIpc) is 3.16. The highest BCUT2D eigenvalue weighted by Gasteiger charge is 2.32. The third-order valence-electron chi connectivity index (χ3n) is 5.74. The van der Waals surface area contributed by atoms with Gasteiger partial charge in [0.2, 0.25) is 5.91 Å². The third-order valence-corrected chi connectivity index (χ3v) is 5.74. The number of nitrogens with one attached hydrogen (secondary N) is 2. The van der Waals surface area contributed by atoms with Crippen LogP contribution in [0.2, 0.25) is 0 Å². The van der Waals surface area contributed by atoms with Crippen LogP contribution in [0.1, 0.15) is 45.2 Å². The van der Waals surface area contributed by atoms with Crippen LogP contribution in [-0.2, 0) is 17.8 Å². The molecule has 0 aromatic carbocycles. The third kappa shape index (κ3) is 4.23. The van der Waals surface area contributed by atoms with E-state index in [4.69, 9.17) is 5.11 Å². The molecule has 4 rings (SSSR count). The number of hydrogen-bond donors (Lipinski definition) is 3. The lowest BCUT2D eigenvalue weighted by atomic mass is 9.85. The maximum Gasteiger partial charge on any atom is 0.404 e. The Hall–Kier alpha value is -2.97. The van der Waals surface area contributed by atoms with Gasteiger partial charge in [-0.3, -0.25) is 9.48 Å². The second-order valence-corrected chi connectivity index (χ2v) is 8.79. The van der Waals surface area contributed by atoms with Crippen LogP contribution < -0.4 is 10.6 Å². The Labute approximate surface area is 168 Å². The van der Waals surface area contributed by atoms with Crippen LogP contribution in [0.5, 0.6) is 0 Å². The van der Waals surface area contributed by atoms with Gasteiger partial charge in [0.05, 0.1) is 11.9 Å². The molecule has 154 valence electrons. The first-order chi connectivity index (χ1) is 13.8. The number of aromatic nitrogens is 4. The molecule has 1 aliphatic heterocycles. The Morgan fingerprint density at radius 3 is 2.90 bits per heavy atom. The molecule has 3 heterocycles. The van der Waals surface area contributed by atoms with E-state index in [2.05, 4.69) is 39.5 Å². The van der Waals surface area contributed by atoms with Crippen molar-refractivity contribution in [3.05, 3.63) is 24.3 Å². The fourth-order valence-electron chi connectivity index (χ4n) is 4.40. The summed E-state index contributed by atoms with van der Waals surface area (Å²) < 4.78 is 2.02. The van der Waals surface area contributed by atoms with E-state index >= 15 is 0 Å². The molecule has 1 fully saturated rings. The van der Waals surface area contributed by atoms with Crippen molar-refractivity contribution in [3.8, 4) is 11.3 Å². The summed E-state index contributed by atoms with van der Waals surface area (Å²) in [5.41, 5.74) is 3.03. The van der Waals surface area contributed by atoms with E-state index in [-0.39, 0.29) is 23.3 Å². The maximum atomic E-state index is 12.7. The highest BCUT2D eigenvalue weighted by Crippen LogP contribution is 2.36. The molecule has 1 saturated carbocycles. The quantitative estimate of drug-likeness (QED) is 0.728. The number of anilines is 1. The van der Waals surface area contributed by atoms with Crippen molar-refractivity contribution >= 4 is 17.8 Å². The Kier molecular flexibility index (Phi) is 4.97. The molecule has 0 unspecified atom stereocenters. The fourth-order valence-corrected chi connectivity index (χ4v) is 4.40. The summed E-state index contributed by atoms with van der Waals surface area (Å²) in [6, 6.07) is 1.59. The zero-order chi connectivity index (χ0) is 20.6. The second-order valence-electron chi connectivity index (χ2n) is 8.79. The molecule has 2 aliphatic rings. The molecular weight excluding hydrogens is 372 g/mol. The summed E-state index contributed by atoms with van der Waals surface area (Å²) in [6.45, 7) is 5.31. The first-order valence-electron chi connectivity index (χ1n) is 9.98. The SMILES string of the molecule is CC1(C)Cc2c(-c3cc(NC(=O)[C@H]4CCC[C@@H](NC(=O)O)C4)ncn3)cnn2C1. The van der Waals surface area contributed by atoms with Gasteiger partial charge in [0, 0.05) is 35.8 Å². The maximum absolute atomic E-state index is 12.7. The van der Waals surface area contributed by atoms with Gasteiger partial charge in [-0.1, -0.05) is 20.3 Å². The molecule has 9 nitrogen and oxygen atoms in total. The summed E-state index contributed by atoms with van der Waals surface area (Å²) in [5.74, 6) is 0.0821. The van der Waals surface area contributed by atoms with Crippen LogP contribution in [0.15, 0.2) is 18.6 Å². The zero-order valence-electron chi connectivity index (χ0n) is 16.7. The van der Waals surface area contributed by atoms with Crippen LogP contribution >= 0.6 is 0 Å². The van der Waals surface area contributed by atoms with Crippen LogP contribution in [0.4, 0.5) is 10.6 Å². The van der Waals surface area contributed by atoms with E-state index in [0.29, 0.717) is 12.2 Å². The largest absolute Gasteiger partial charge is 0.465 e. The van der Waals surface area contributed by atoms with Gasteiger partial charge in [0.1, 0.15) is 12.1 Å². The minimum absolute atomic E-state index is 0.132. The van der Waals surface area contributed by atoms with E-state index in [0.717, 1.165) is 49.2 Å². The summed E-state index contributed by atoms with van der Waals surface area (Å²) in [7, 11) is 0. The van der Waals surface area contributed by atoms with Gasteiger partial charge in [0.25, 0.3) is 0 Å². The Balaban J connectivity index is 1.46. The van der Waals surface area contributed by atoms with Crippen molar-refractivity contribution in [1.29, 1.82) is 0 Å². The van der Waals surface area contributed by atoms with Crippen LogP contribution in [-0.4, -0.2) is 42.9 Å². The zero-order valence-corrected chi connectivity index (χ0v) is 16.7. The van der Waals surface area contributed by atoms with Crippen LogP contribution in [0, 0.1) is 11.3 Å². The molecule has 9 heteroatoms. The lowest BCUT2D eigenvalue weighted by Crippen LogP contribution is -2.40. The number of nitrogens with zero attached hydrogens (tertiary/aromatic N) is 4. The number of fused-ring (bicyclic) bond motifs is 1. The summed E-state index contributed by atoms with van der Waals surface area (Å²) in [5, 5.41) is 18.8. The Bertz CT molecular complexity index is 938. The average molecular weight is 398 g/mol. The molecule has 29 heavy (non-hydrogen) atoms. The summed E-state index contributed by atoms with van der Waals surface area (Å²) >= 11 is 0. The summed E-state index contributed by atoms with van der Waals surface area (Å²) in [6.07, 6.45) is 5.97. The van der Waals surface area contributed by atoms with Gasteiger partial charge in [-0.2, -0.15) is 5.10 Å². The van der Waals surface area contributed by atoms with Gasteiger partial charge in [-0.15, -0.1) is 0 Å². The first-order valence-corrected chi connectivity index (χ1v) is 9.98. The standard InChI is InChI=1S/C20H26N6O3/c1-20(2)8-16-14(9-23-26(16)10-20)15-7-17(22-11-21-15)25-18(27)12-4-3-5-13(6-12)24-19(28)29/h7,9,11-13,24H,3-6,8,10H2,1-2H3,(H,28,29)(H,21,22,25,27)/t12-,13+/m0/s1. The van der Waals surface area contributed by atoms with Gasteiger partial charge < -0.3 is 15.7 Å². The molecule has 1 aliphatic carbocycles. The van der Waals surface area contributed by atoms with Crippen LogP contribution in [0.3, 0.4) is 0 Å². The molecule has 3 N–H and O–H groups in total. The number of amides is 2. The van der Waals surface area contributed by atoms with Gasteiger partial charge >= 0.3 is 6.09 Å². The van der Waals surface area contributed by atoms with Gasteiger partial charge in [-0.05, 0) is 31.1 Å². The molecule has 0 radical (unpaired) electrons. The first kappa shape index (κ1) is 19.4. The lowest BCUT2D eigenvalue weighted by molar-refractivity contribution is -0.121. The van der Waals surface area contributed by atoms with Crippen molar-refractivity contribution in [2.45, 2.75) is 58.5 Å².